The average Bonchev–Trinajstić information content (AvgIpc) is 1.82. The van der Waals surface area contributed by atoms with Gasteiger partial charge in [0.1, 0.15) is 0 Å². The third-order valence-corrected chi connectivity index (χ3v) is 1.99. The summed E-state index contributed by atoms with van der Waals surface area (Å²) in [6, 6.07) is 0.338. The van der Waals surface area contributed by atoms with Crippen LogP contribution in [0.3, 0.4) is 0 Å². The summed E-state index contributed by atoms with van der Waals surface area (Å²) >= 11 is 0. The first-order chi connectivity index (χ1) is 4.61. The van der Waals surface area contributed by atoms with Gasteiger partial charge >= 0.3 is 0 Å². The van der Waals surface area contributed by atoms with E-state index in [1.807, 2.05) is 20.9 Å². The number of nitrogens with zero attached hydrogens (tertiary/aromatic N) is 1. The summed E-state index contributed by atoms with van der Waals surface area (Å²) in [5.41, 5.74) is 0. The van der Waals surface area contributed by atoms with Crippen LogP contribution < -0.4 is 5.32 Å². The summed E-state index contributed by atoms with van der Waals surface area (Å²) in [5, 5.41) is 2.88. The Kier molecular flexibility index (Phi) is 1.94. The van der Waals surface area contributed by atoms with Crippen LogP contribution in [-0.4, -0.2) is 36.5 Å². The Balaban J connectivity index is 2.57. The van der Waals surface area contributed by atoms with Gasteiger partial charge in [0.15, 0.2) is 0 Å². The second kappa shape index (κ2) is 2.58. The molecule has 1 amide bonds. The molecule has 3 heteroatoms. The Hall–Kier alpha value is -0.570. The van der Waals surface area contributed by atoms with Crippen molar-refractivity contribution >= 4 is 5.91 Å². The zero-order valence-electron chi connectivity index (χ0n) is 6.72. The summed E-state index contributed by atoms with van der Waals surface area (Å²) < 4.78 is 0. The monoisotopic (exact) mass is 142 g/mol. The Morgan fingerprint density at radius 1 is 1.60 bits per heavy atom. The van der Waals surface area contributed by atoms with E-state index in [9.17, 15) is 4.79 Å². The van der Waals surface area contributed by atoms with Crippen molar-refractivity contribution in [1.29, 1.82) is 0 Å². The second-order valence-electron chi connectivity index (χ2n) is 3.03. The molecule has 1 aliphatic heterocycles. The minimum Gasteiger partial charge on any atom is -0.351 e. The summed E-state index contributed by atoms with van der Waals surface area (Å²) in [4.78, 5) is 13.1. The van der Waals surface area contributed by atoms with E-state index < -0.39 is 0 Å². The number of hydrogen-bond donors (Lipinski definition) is 1. The normalized spacial score (nSPS) is 35.7. The molecule has 0 aromatic carbocycles. The number of hydrogen-bond acceptors (Lipinski definition) is 2. The van der Waals surface area contributed by atoms with Crippen molar-refractivity contribution in [3.8, 4) is 0 Å². The fourth-order valence-electron chi connectivity index (χ4n) is 1.20. The number of nitrogens with one attached hydrogen (secondary N) is 1. The lowest BCUT2D eigenvalue weighted by molar-refractivity contribution is -0.128. The van der Waals surface area contributed by atoms with E-state index in [-0.39, 0.29) is 11.9 Å². The van der Waals surface area contributed by atoms with E-state index in [1.54, 1.807) is 0 Å². The summed E-state index contributed by atoms with van der Waals surface area (Å²) in [7, 11) is 1.97. The SMILES string of the molecule is CC1CN(C)[C@@H](C)C(=O)N1. The van der Waals surface area contributed by atoms with Gasteiger partial charge in [-0.05, 0) is 20.9 Å². The Morgan fingerprint density at radius 3 is 2.70 bits per heavy atom. The Bertz CT molecular complexity index is 147. The zero-order chi connectivity index (χ0) is 7.72. The third kappa shape index (κ3) is 1.29. The van der Waals surface area contributed by atoms with Crippen LogP contribution in [0.4, 0.5) is 0 Å². The molecule has 0 aliphatic carbocycles. The average molecular weight is 142 g/mol. The van der Waals surface area contributed by atoms with E-state index in [0.717, 1.165) is 6.54 Å². The van der Waals surface area contributed by atoms with Crippen molar-refractivity contribution in [3.05, 3.63) is 0 Å². The quantitative estimate of drug-likeness (QED) is 0.509. The minimum absolute atomic E-state index is 0.0381. The van der Waals surface area contributed by atoms with Crippen molar-refractivity contribution in [2.75, 3.05) is 13.6 Å². The topological polar surface area (TPSA) is 32.3 Å². The van der Waals surface area contributed by atoms with Gasteiger partial charge in [-0.3, -0.25) is 9.69 Å². The van der Waals surface area contributed by atoms with Crippen LogP contribution in [-0.2, 0) is 4.79 Å². The van der Waals surface area contributed by atoms with E-state index in [2.05, 4.69) is 10.2 Å². The molecule has 58 valence electrons. The maximum absolute atomic E-state index is 11.1. The third-order valence-electron chi connectivity index (χ3n) is 1.99. The molecule has 0 spiro atoms. The first-order valence-corrected chi connectivity index (χ1v) is 3.62. The van der Waals surface area contributed by atoms with Gasteiger partial charge in [0.25, 0.3) is 0 Å². The second-order valence-corrected chi connectivity index (χ2v) is 3.03. The van der Waals surface area contributed by atoms with Crippen LogP contribution in [0.1, 0.15) is 13.8 Å². The lowest BCUT2D eigenvalue weighted by atomic mass is 10.1. The molecule has 10 heavy (non-hydrogen) atoms. The standard InChI is InChI=1S/C7H14N2O/c1-5-4-9(3)6(2)7(10)8-5/h5-6H,4H2,1-3H3,(H,8,10)/t5?,6-/m0/s1. The molecule has 1 rings (SSSR count). The molecule has 0 aromatic heterocycles. The number of likely N-dealkylation sites (N-methyl/N-ethyl adjacent to an activating group) is 1. The first-order valence-electron chi connectivity index (χ1n) is 3.62. The van der Waals surface area contributed by atoms with Gasteiger partial charge in [-0.1, -0.05) is 0 Å². The molecule has 1 fully saturated rings. The van der Waals surface area contributed by atoms with Crippen molar-refractivity contribution < 1.29 is 4.79 Å². The molecule has 3 nitrogen and oxygen atoms in total. The Labute approximate surface area is 61.4 Å². The fourth-order valence-corrected chi connectivity index (χ4v) is 1.20. The molecule has 1 N–H and O–H groups in total. The molecule has 1 aliphatic rings. The predicted octanol–water partition coefficient (Wildman–Crippen LogP) is -0.175. The van der Waals surface area contributed by atoms with Gasteiger partial charge in [-0.25, -0.2) is 0 Å². The van der Waals surface area contributed by atoms with Crippen LogP contribution in [0.5, 0.6) is 0 Å². The van der Waals surface area contributed by atoms with E-state index in [0.29, 0.717) is 6.04 Å². The summed E-state index contributed by atoms with van der Waals surface area (Å²) in [5.74, 6) is 0.140. The highest BCUT2D eigenvalue weighted by Crippen LogP contribution is 2.03. The molecule has 1 unspecified atom stereocenters. The first kappa shape index (κ1) is 7.54. The molecule has 1 heterocycles. The van der Waals surface area contributed by atoms with Gasteiger partial charge in [0.2, 0.25) is 5.91 Å². The highest BCUT2D eigenvalue weighted by Gasteiger charge is 2.25. The zero-order valence-corrected chi connectivity index (χ0v) is 6.72. The van der Waals surface area contributed by atoms with E-state index >= 15 is 0 Å². The van der Waals surface area contributed by atoms with Crippen molar-refractivity contribution in [2.45, 2.75) is 25.9 Å². The molecular formula is C7H14N2O. The van der Waals surface area contributed by atoms with Crippen LogP contribution in [0.15, 0.2) is 0 Å². The Morgan fingerprint density at radius 2 is 2.20 bits per heavy atom. The smallest absolute Gasteiger partial charge is 0.237 e. The van der Waals surface area contributed by atoms with Gasteiger partial charge in [0.05, 0.1) is 6.04 Å². The maximum Gasteiger partial charge on any atom is 0.237 e. The van der Waals surface area contributed by atoms with Gasteiger partial charge in [-0.2, -0.15) is 0 Å². The number of amides is 1. The molecule has 0 radical (unpaired) electrons. The molecule has 2 atom stereocenters. The molecule has 0 saturated carbocycles. The van der Waals surface area contributed by atoms with Crippen LogP contribution >= 0.6 is 0 Å². The van der Waals surface area contributed by atoms with Crippen molar-refractivity contribution in [3.63, 3.8) is 0 Å². The lowest BCUT2D eigenvalue weighted by Crippen LogP contribution is -2.56. The van der Waals surface area contributed by atoms with Crippen LogP contribution in [0.2, 0.25) is 0 Å². The highest BCUT2D eigenvalue weighted by molar-refractivity contribution is 5.82. The largest absolute Gasteiger partial charge is 0.351 e. The molecular weight excluding hydrogens is 128 g/mol. The lowest BCUT2D eigenvalue weighted by Gasteiger charge is -2.33. The molecule has 1 saturated heterocycles. The minimum atomic E-state index is 0.0381. The van der Waals surface area contributed by atoms with Crippen molar-refractivity contribution in [1.82, 2.24) is 10.2 Å². The summed E-state index contributed by atoms with van der Waals surface area (Å²) in [6.07, 6.45) is 0. The fraction of sp³-hybridized carbons (Fsp3) is 0.857. The highest BCUT2D eigenvalue weighted by atomic mass is 16.2. The predicted molar refractivity (Wildman–Crippen MR) is 39.7 cm³/mol. The number of carbonyl (C=O) groups excluding carboxylic acids is 1. The summed E-state index contributed by atoms with van der Waals surface area (Å²) in [6.45, 7) is 4.88. The van der Waals surface area contributed by atoms with E-state index in [1.165, 1.54) is 0 Å². The number of rotatable bonds is 0. The van der Waals surface area contributed by atoms with Crippen LogP contribution in [0, 0.1) is 0 Å². The van der Waals surface area contributed by atoms with Gasteiger partial charge in [0, 0.05) is 12.6 Å². The number of carbonyl (C=O) groups is 1. The van der Waals surface area contributed by atoms with Crippen LogP contribution in [0.25, 0.3) is 0 Å². The van der Waals surface area contributed by atoms with Gasteiger partial charge in [-0.15, -0.1) is 0 Å². The molecule has 0 bridgehead atoms. The maximum atomic E-state index is 11.1. The molecule has 0 aromatic rings. The van der Waals surface area contributed by atoms with E-state index in [4.69, 9.17) is 0 Å². The number of piperazine rings is 1. The van der Waals surface area contributed by atoms with Crippen molar-refractivity contribution in [2.24, 2.45) is 0 Å². The van der Waals surface area contributed by atoms with Gasteiger partial charge < -0.3 is 5.32 Å².